The van der Waals surface area contributed by atoms with Gasteiger partial charge in [-0.2, -0.15) is 5.26 Å². The zero-order valence-corrected chi connectivity index (χ0v) is 9.74. The van der Waals surface area contributed by atoms with Gasteiger partial charge in [0.1, 0.15) is 30.7 Å². The van der Waals surface area contributed by atoms with Crippen LogP contribution in [0.5, 0.6) is 11.6 Å². The Balaban J connectivity index is 1.77. The highest BCUT2D eigenvalue weighted by atomic mass is 16.5. The number of nitriles is 1. The molecule has 0 saturated carbocycles. The number of pyridine rings is 1. The van der Waals surface area contributed by atoms with Gasteiger partial charge in [0.15, 0.2) is 0 Å². The highest BCUT2D eigenvalue weighted by molar-refractivity contribution is 5.24. The van der Waals surface area contributed by atoms with E-state index in [4.69, 9.17) is 14.7 Å². The molecule has 0 aliphatic rings. The fourth-order valence-electron chi connectivity index (χ4n) is 1.38. The zero-order chi connectivity index (χ0) is 12.6. The first-order valence-electron chi connectivity index (χ1n) is 5.56. The van der Waals surface area contributed by atoms with Crippen molar-refractivity contribution in [3.05, 3.63) is 54.2 Å². The maximum atomic E-state index is 8.69. The molecule has 0 spiro atoms. The molecule has 1 heterocycles. The standard InChI is InChI=1S/C14H12N2O2/c15-11-12-5-4-8-14(16-12)18-10-9-17-13-6-2-1-3-7-13/h1-8H,9-10H2. The summed E-state index contributed by atoms with van der Waals surface area (Å²) in [6.07, 6.45) is 0. The van der Waals surface area contributed by atoms with Gasteiger partial charge in [0, 0.05) is 6.07 Å². The van der Waals surface area contributed by atoms with Crippen molar-refractivity contribution >= 4 is 0 Å². The Morgan fingerprint density at radius 1 is 0.944 bits per heavy atom. The van der Waals surface area contributed by atoms with Gasteiger partial charge in [0.25, 0.3) is 0 Å². The quantitative estimate of drug-likeness (QED) is 0.753. The van der Waals surface area contributed by atoms with Gasteiger partial charge < -0.3 is 9.47 Å². The minimum absolute atomic E-state index is 0.344. The average Bonchev–Trinajstić information content (AvgIpc) is 2.45. The van der Waals surface area contributed by atoms with E-state index in [0.717, 1.165) is 5.75 Å². The first-order chi connectivity index (χ1) is 8.88. The Kier molecular flexibility index (Phi) is 4.15. The van der Waals surface area contributed by atoms with E-state index in [2.05, 4.69) is 4.98 Å². The summed E-state index contributed by atoms with van der Waals surface area (Å²) in [5.74, 6) is 1.24. The maximum absolute atomic E-state index is 8.69. The molecule has 1 aromatic carbocycles. The Labute approximate surface area is 105 Å². The molecule has 0 fully saturated rings. The second-order valence-corrected chi connectivity index (χ2v) is 3.48. The van der Waals surface area contributed by atoms with E-state index >= 15 is 0 Å². The van der Waals surface area contributed by atoms with Gasteiger partial charge in [-0.15, -0.1) is 0 Å². The number of benzene rings is 1. The van der Waals surface area contributed by atoms with Gasteiger partial charge in [-0.25, -0.2) is 4.98 Å². The van der Waals surface area contributed by atoms with Gasteiger partial charge in [0.2, 0.25) is 5.88 Å². The minimum atomic E-state index is 0.344. The van der Waals surface area contributed by atoms with Crippen LogP contribution in [0.3, 0.4) is 0 Å². The maximum Gasteiger partial charge on any atom is 0.214 e. The number of para-hydroxylation sites is 1. The summed E-state index contributed by atoms with van der Waals surface area (Å²) in [6.45, 7) is 0.819. The lowest BCUT2D eigenvalue weighted by molar-refractivity contribution is 0.212. The lowest BCUT2D eigenvalue weighted by Crippen LogP contribution is -2.09. The number of hydrogen-bond donors (Lipinski definition) is 0. The highest BCUT2D eigenvalue weighted by Gasteiger charge is 1.98. The molecule has 0 aliphatic heterocycles. The molecule has 4 nitrogen and oxygen atoms in total. The van der Waals surface area contributed by atoms with Gasteiger partial charge >= 0.3 is 0 Å². The number of nitrogens with zero attached hydrogens (tertiary/aromatic N) is 2. The van der Waals surface area contributed by atoms with Gasteiger partial charge in [-0.05, 0) is 18.2 Å². The van der Waals surface area contributed by atoms with E-state index in [1.165, 1.54) is 0 Å². The third-order valence-corrected chi connectivity index (χ3v) is 2.18. The summed E-state index contributed by atoms with van der Waals surface area (Å²) < 4.78 is 10.8. The number of aromatic nitrogens is 1. The molecule has 0 atom stereocenters. The van der Waals surface area contributed by atoms with Crippen molar-refractivity contribution in [1.82, 2.24) is 4.98 Å². The predicted molar refractivity (Wildman–Crippen MR) is 66.4 cm³/mol. The van der Waals surface area contributed by atoms with Crippen molar-refractivity contribution in [2.24, 2.45) is 0 Å². The van der Waals surface area contributed by atoms with Crippen LogP contribution < -0.4 is 9.47 Å². The van der Waals surface area contributed by atoms with Crippen molar-refractivity contribution in [3.8, 4) is 17.7 Å². The van der Waals surface area contributed by atoms with Crippen LogP contribution in [0.15, 0.2) is 48.5 Å². The van der Waals surface area contributed by atoms with Crippen LogP contribution in [0.4, 0.5) is 0 Å². The zero-order valence-electron chi connectivity index (χ0n) is 9.74. The minimum Gasteiger partial charge on any atom is -0.490 e. The van der Waals surface area contributed by atoms with Crippen LogP contribution in [0.25, 0.3) is 0 Å². The molecule has 1 aromatic heterocycles. The van der Waals surface area contributed by atoms with Crippen molar-refractivity contribution < 1.29 is 9.47 Å². The average molecular weight is 240 g/mol. The molecule has 2 rings (SSSR count). The van der Waals surface area contributed by atoms with Crippen molar-refractivity contribution in [2.75, 3.05) is 13.2 Å². The SMILES string of the molecule is N#Cc1cccc(OCCOc2ccccc2)n1. The molecule has 0 unspecified atom stereocenters. The molecule has 0 saturated heterocycles. The van der Waals surface area contributed by atoms with Gasteiger partial charge in [-0.3, -0.25) is 0 Å². The smallest absolute Gasteiger partial charge is 0.214 e. The van der Waals surface area contributed by atoms with Crippen LogP contribution in [0.2, 0.25) is 0 Å². The first-order valence-corrected chi connectivity index (χ1v) is 5.56. The predicted octanol–water partition coefficient (Wildman–Crippen LogP) is 2.41. The molecule has 18 heavy (non-hydrogen) atoms. The molecule has 90 valence electrons. The van der Waals surface area contributed by atoms with Crippen LogP contribution in [-0.2, 0) is 0 Å². The fraction of sp³-hybridized carbons (Fsp3) is 0.143. The second kappa shape index (κ2) is 6.26. The van der Waals surface area contributed by atoms with E-state index in [1.54, 1.807) is 18.2 Å². The van der Waals surface area contributed by atoms with Crippen LogP contribution in [-0.4, -0.2) is 18.2 Å². The van der Waals surface area contributed by atoms with Gasteiger partial charge in [0.05, 0.1) is 0 Å². The Hall–Kier alpha value is -2.54. The fourth-order valence-corrected chi connectivity index (χ4v) is 1.38. The molecule has 0 amide bonds. The van der Waals surface area contributed by atoms with E-state index in [-0.39, 0.29) is 0 Å². The van der Waals surface area contributed by atoms with Crippen LogP contribution >= 0.6 is 0 Å². The Morgan fingerprint density at radius 2 is 1.72 bits per heavy atom. The Bertz CT molecular complexity index is 535. The molecule has 0 N–H and O–H groups in total. The summed E-state index contributed by atoms with van der Waals surface area (Å²) in [6, 6.07) is 16.6. The van der Waals surface area contributed by atoms with Crippen molar-refractivity contribution in [1.29, 1.82) is 5.26 Å². The molecule has 0 aliphatic carbocycles. The number of rotatable bonds is 5. The first kappa shape index (κ1) is 11.9. The number of hydrogen-bond acceptors (Lipinski definition) is 4. The number of ether oxygens (including phenoxy) is 2. The van der Waals surface area contributed by atoms with Gasteiger partial charge in [-0.1, -0.05) is 24.3 Å². The molecule has 4 heteroatoms. The third-order valence-electron chi connectivity index (χ3n) is 2.18. The largest absolute Gasteiger partial charge is 0.490 e. The molecular formula is C14H12N2O2. The van der Waals surface area contributed by atoms with E-state index < -0.39 is 0 Å². The van der Waals surface area contributed by atoms with E-state index in [9.17, 15) is 0 Å². The molecule has 0 radical (unpaired) electrons. The van der Waals surface area contributed by atoms with Crippen LogP contribution in [0.1, 0.15) is 5.69 Å². The summed E-state index contributed by atoms with van der Waals surface area (Å²) in [7, 11) is 0. The van der Waals surface area contributed by atoms with Crippen LogP contribution in [0, 0.1) is 11.3 Å². The second-order valence-electron chi connectivity index (χ2n) is 3.48. The van der Waals surface area contributed by atoms with E-state index in [0.29, 0.717) is 24.8 Å². The monoisotopic (exact) mass is 240 g/mol. The molecular weight excluding hydrogens is 228 g/mol. The summed E-state index contributed by atoms with van der Waals surface area (Å²) >= 11 is 0. The third kappa shape index (κ3) is 3.49. The lowest BCUT2D eigenvalue weighted by Gasteiger charge is -2.07. The highest BCUT2D eigenvalue weighted by Crippen LogP contribution is 2.09. The normalized spacial score (nSPS) is 9.50. The molecule has 2 aromatic rings. The Morgan fingerprint density at radius 3 is 2.50 bits per heavy atom. The van der Waals surface area contributed by atoms with Crippen molar-refractivity contribution in [2.45, 2.75) is 0 Å². The summed E-state index contributed by atoms with van der Waals surface area (Å²) in [5.41, 5.74) is 0.344. The van der Waals surface area contributed by atoms with E-state index in [1.807, 2.05) is 36.4 Å². The topological polar surface area (TPSA) is 55.1 Å². The molecule has 0 bridgehead atoms. The van der Waals surface area contributed by atoms with Crippen molar-refractivity contribution in [3.63, 3.8) is 0 Å². The lowest BCUT2D eigenvalue weighted by atomic mass is 10.3. The summed E-state index contributed by atoms with van der Waals surface area (Å²) in [5, 5.41) is 8.69. The summed E-state index contributed by atoms with van der Waals surface area (Å²) in [4.78, 5) is 4.00.